The molecule has 0 atom stereocenters. The first-order valence-electron chi connectivity index (χ1n) is 5.33. The highest BCUT2D eigenvalue weighted by molar-refractivity contribution is 9.10. The summed E-state index contributed by atoms with van der Waals surface area (Å²) in [7, 11) is 0. The van der Waals surface area contributed by atoms with E-state index in [9.17, 15) is 0 Å². The number of hydrogen-bond donors (Lipinski definition) is 0. The lowest BCUT2D eigenvalue weighted by atomic mass is 10.3. The summed E-state index contributed by atoms with van der Waals surface area (Å²) < 4.78 is 6.58. The first-order valence-corrected chi connectivity index (χ1v) is 7.00. The molecular formula is C12H13BrN2OS. The van der Waals surface area contributed by atoms with Crippen LogP contribution in [0.15, 0.2) is 28.3 Å². The van der Waals surface area contributed by atoms with E-state index >= 15 is 0 Å². The van der Waals surface area contributed by atoms with Crippen LogP contribution in [0, 0.1) is 6.92 Å². The predicted octanol–water partition coefficient (Wildman–Crippen LogP) is 3.37. The van der Waals surface area contributed by atoms with Crippen LogP contribution in [0.25, 0.3) is 0 Å². The summed E-state index contributed by atoms with van der Waals surface area (Å²) in [6.45, 7) is 3.30. The third-order valence-corrected chi connectivity index (χ3v) is 3.82. The van der Waals surface area contributed by atoms with Gasteiger partial charge in [-0.1, -0.05) is 0 Å². The van der Waals surface area contributed by atoms with Gasteiger partial charge in [-0.3, -0.25) is 4.98 Å². The average molecular weight is 313 g/mol. The van der Waals surface area contributed by atoms with Crippen LogP contribution < -0.4 is 0 Å². The second-order valence-electron chi connectivity index (χ2n) is 3.63. The fraction of sp³-hybridized carbons (Fsp3) is 0.333. The molecule has 2 aromatic heterocycles. The van der Waals surface area contributed by atoms with Crippen molar-refractivity contribution in [1.82, 2.24) is 9.97 Å². The second kappa shape index (κ2) is 6.23. The van der Waals surface area contributed by atoms with E-state index in [0.717, 1.165) is 22.3 Å². The van der Waals surface area contributed by atoms with Crippen LogP contribution >= 0.6 is 27.3 Å². The highest BCUT2D eigenvalue weighted by Gasteiger charge is 2.01. The van der Waals surface area contributed by atoms with Crippen molar-refractivity contribution >= 4 is 27.3 Å². The van der Waals surface area contributed by atoms with E-state index in [-0.39, 0.29) is 0 Å². The number of rotatable bonds is 5. The molecule has 90 valence electrons. The number of nitrogens with zero attached hydrogens (tertiary/aromatic N) is 2. The van der Waals surface area contributed by atoms with Gasteiger partial charge in [0.2, 0.25) is 0 Å². The summed E-state index contributed by atoms with van der Waals surface area (Å²) in [6, 6.07) is 3.93. The molecule has 0 radical (unpaired) electrons. The molecule has 0 unspecified atom stereocenters. The van der Waals surface area contributed by atoms with Gasteiger partial charge in [-0.15, -0.1) is 11.3 Å². The number of thiazole rings is 1. The van der Waals surface area contributed by atoms with Gasteiger partial charge >= 0.3 is 0 Å². The minimum atomic E-state index is 0.561. The predicted molar refractivity (Wildman–Crippen MR) is 72.1 cm³/mol. The van der Waals surface area contributed by atoms with E-state index in [1.165, 1.54) is 4.88 Å². The van der Waals surface area contributed by atoms with Crippen LogP contribution in [0.3, 0.4) is 0 Å². The zero-order chi connectivity index (χ0) is 12.1. The molecule has 0 N–H and O–H groups in total. The zero-order valence-electron chi connectivity index (χ0n) is 9.52. The van der Waals surface area contributed by atoms with Crippen molar-refractivity contribution in [2.45, 2.75) is 20.0 Å². The molecule has 0 bridgehead atoms. The third kappa shape index (κ3) is 3.87. The van der Waals surface area contributed by atoms with Crippen LogP contribution in [-0.2, 0) is 17.8 Å². The lowest BCUT2D eigenvalue weighted by Crippen LogP contribution is -2.00. The van der Waals surface area contributed by atoms with E-state index in [2.05, 4.69) is 25.9 Å². The molecule has 0 saturated heterocycles. The van der Waals surface area contributed by atoms with Crippen molar-refractivity contribution < 1.29 is 4.74 Å². The lowest BCUT2D eigenvalue weighted by Gasteiger charge is -2.03. The van der Waals surface area contributed by atoms with E-state index in [0.29, 0.717) is 13.2 Å². The molecule has 0 saturated carbocycles. The summed E-state index contributed by atoms with van der Waals surface area (Å²) in [5, 5.41) is 0. The number of aromatic nitrogens is 2. The Kier molecular flexibility index (Phi) is 4.65. The standard InChI is InChI=1S/C12H13BrN2OS/c1-9-12(17-8-15-9)4-5-16-7-11-3-2-10(13)6-14-11/h2-3,6,8H,4-5,7H2,1H3. The Balaban J connectivity index is 1.73. The smallest absolute Gasteiger partial charge is 0.0888 e. The first kappa shape index (κ1) is 12.7. The molecule has 0 aromatic carbocycles. The molecular weight excluding hydrogens is 300 g/mol. The van der Waals surface area contributed by atoms with Crippen LogP contribution in [0.1, 0.15) is 16.3 Å². The molecule has 2 heterocycles. The monoisotopic (exact) mass is 312 g/mol. The maximum atomic E-state index is 5.59. The van der Waals surface area contributed by atoms with Crippen molar-refractivity contribution in [3.63, 3.8) is 0 Å². The highest BCUT2D eigenvalue weighted by atomic mass is 79.9. The highest BCUT2D eigenvalue weighted by Crippen LogP contribution is 2.13. The molecule has 0 aliphatic heterocycles. The van der Waals surface area contributed by atoms with Gasteiger partial charge in [-0.05, 0) is 35.0 Å². The molecule has 3 nitrogen and oxygen atoms in total. The van der Waals surface area contributed by atoms with Crippen LogP contribution in [0.2, 0.25) is 0 Å². The summed E-state index contributed by atoms with van der Waals surface area (Å²) in [5.41, 5.74) is 3.94. The van der Waals surface area contributed by atoms with E-state index < -0.39 is 0 Å². The number of pyridine rings is 1. The maximum Gasteiger partial charge on any atom is 0.0888 e. The first-order chi connectivity index (χ1) is 8.25. The molecule has 5 heteroatoms. The Morgan fingerprint density at radius 3 is 2.88 bits per heavy atom. The summed E-state index contributed by atoms with van der Waals surface area (Å²) in [5.74, 6) is 0. The van der Waals surface area contributed by atoms with Gasteiger partial charge in [-0.2, -0.15) is 0 Å². The Hall–Kier alpha value is -0.780. The zero-order valence-corrected chi connectivity index (χ0v) is 11.9. The molecule has 0 fully saturated rings. The Labute approximate surface area is 113 Å². The molecule has 17 heavy (non-hydrogen) atoms. The van der Waals surface area contributed by atoms with Crippen molar-refractivity contribution in [1.29, 1.82) is 0 Å². The number of aryl methyl sites for hydroxylation is 1. The third-order valence-electron chi connectivity index (χ3n) is 2.36. The SMILES string of the molecule is Cc1ncsc1CCOCc1ccc(Br)cn1. The van der Waals surface area contributed by atoms with E-state index in [1.807, 2.05) is 24.6 Å². The molecule has 2 aromatic rings. The van der Waals surface area contributed by atoms with Crippen molar-refractivity contribution in [2.75, 3.05) is 6.61 Å². The molecule has 0 aliphatic rings. The van der Waals surface area contributed by atoms with Gasteiger partial charge in [-0.25, -0.2) is 4.98 Å². The van der Waals surface area contributed by atoms with Gasteiger partial charge in [0.1, 0.15) is 0 Å². The fourth-order valence-corrected chi connectivity index (χ4v) is 2.40. The lowest BCUT2D eigenvalue weighted by molar-refractivity contribution is 0.121. The molecule has 0 spiro atoms. The fourth-order valence-electron chi connectivity index (χ4n) is 1.40. The largest absolute Gasteiger partial charge is 0.375 e. The number of hydrogen-bond acceptors (Lipinski definition) is 4. The number of halogens is 1. The van der Waals surface area contributed by atoms with Gasteiger partial charge < -0.3 is 4.74 Å². The van der Waals surface area contributed by atoms with E-state index in [1.54, 1.807) is 17.5 Å². The van der Waals surface area contributed by atoms with Crippen LogP contribution in [0.4, 0.5) is 0 Å². The molecule has 2 rings (SSSR count). The number of ether oxygens (including phenoxy) is 1. The normalized spacial score (nSPS) is 10.7. The summed E-state index contributed by atoms with van der Waals surface area (Å²) >= 11 is 5.04. The summed E-state index contributed by atoms with van der Waals surface area (Å²) in [6.07, 6.45) is 2.71. The van der Waals surface area contributed by atoms with E-state index in [4.69, 9.17) is 4.74 Å². The van der Waals surface area contributed by atoms with Gasteiger partial charge in [0.15, 0.2) is 0 Å². The average Bonchev–Trinajstić information content (AvgIpc) is 2.73. The van der Waals surface area contributed by atoms with Gasteiger partial charge in [0.25, 0.3) is 0 Å². The quantitative estimate of drug-likeness (QED) is 0.794. The Morgan fingerprint density at radius 1 is 1.35 bits per heavy atom. The van der Waals surface area contributed by atoms with Crippen LogP contribution in [0.5, 0.6) is 0 Å². The van der Waals surface area contributed by atoms with Gasteiger partial charge in [0, 0.05) is 22.0 Å². The van der Waals surface area contributed by atoms with Crippen molar-refractivity contribution in [3.8, 4) is 0 Å². The second-order valence-corrected chi connectivity index (χ2v) is 5.49. The minimum Gasteiger partial charge on any atom is -0.375 e. The minimum absolute atomic E-state index is 0.561. The summed E-state index contributed by atoms with van der Waals surface area (Å²) in [4.78, 5) is 9.76. The van der Waals surface area contributed by atoms with Gasteiger partial charge in [0.05, 0.1) is 30.1 Å². The molecule has 0 aliphatic carbocycles. The Bertz CT molecular complexity index is 470. The Morgan fingerprint density at radius 2 is 2.24 bits per heavy atom. The van der Waals surface area contributed by atoms with Crippen LogP contribution in [-0.4, -0.2) is 16.6 Å². The molecule has 0 amide bonds. The maximum absolute atomic E-state index is 5.59. The van der Waals surface area contributed by atoms with Crippen molar-refractivity contribution in [3.05, 3.63) is 44.6 Å². The van der Waals surface area contributed by atoms with Crippen molar-refractivity contribution in [2.24, 2.45) is 0 Å². The topological polar surface area (TPSA) is 35.0 Å².